The molecule has 2 aromatic rings. The van der Waals surface area contributed by atoms with Crippen LogP contribution in [0.3, 0.4) is 0 Å². The highest BCUT2D eigenvalue weighted by Crippen LogP contribution is 2.37. The van der Waals surface area contributed by atoms with Crippen molar-refractivity contribution in [3.8, 4) is 0 Å². The van der Waals surface area contributed by atoms with Crippen molar-refractivity contribution in [1.29, 1.82) is 0 Å². The van der Waals surface area contributed by atoms with Crippen LogP contribution in [0.25, 0.3) is 10.8 Å². The molecule has 1 heteroatoms. The molecule has 1 nitrogen and oxygen atoms in total. The molecule has 0 heterocycles. The Morgan fingerprint density at radius 3 is 2.53 bits per heavy atom. The first-order chi connectivity index (χ1) is 8.98. The molecule has 0 amide bonds. The Morgan fingerprint density at radius 2 is 1.79 bits per heavy atom. The predicted molar refractivity (Wildman–Crippen MR) is 79.7 cm³/mol. The number of benzene rings is 2. The molecule has 0 saturated carbocycles. The fourth-order valence-electron chi connectivity index (χ4n) is 3.22. The Balaban J connectivity index is 2.29. The minimum absolute atomic E-state index is 0.116. The summed E-state index contributed by atoms with van der Waals surface area (Å²) < 4.78 is 0. The highest BCUT2D eigenvalue weighted by atomic mass is 16.1. The molecule has 0 spiro atoms. The average molecular weight is 252 g/mol. The van der Waals surface area contributed by atoms with Crippen LogP contribution in [0.4, 0.5) is 0 Å². The van der Waals surface area contributed by atoms with Gasteiger partial charge in [0, 0.05) is 12.0 Å². The largest absolute Gasteiger partial charge is 0.294 e. The van der Waals surface area contributed by atoms with Crippen LogP contribution in [-0.2, 0) is 6.42 Å². The van der Waals surface area contributed by atoms with Gasteiger partial charge >= 0.3 is 0 Å². The van der Waals surface area contributed by atoms with Gasteiger partial charge in [-0.05, 0) is 53.1 Å². The highest BCUT2D eigenvalue weighted by molar-refractivity contribution is 6.04. The van der Waals surface area contributed by atoms with Crippen molar-refractivity contribution in [2.45, 2.75) is 40.0 Å². The molecule has 19 heavy (non-hydrogen) atoms. The first-order valence-electron chi connectivity index (χ1n) is 7.02. The van der Waals surface area contributed by atoms with Crippen LogP contribution >= 0.6 is 0 Å². The van der Waals surface area contributed by atoms with Crippen LogP contribution < -0.4 is 0 Å². The second-order valence-electron chi connectivity index (χ2n) is 6.53. The van der Waals surface area contributed by atoms with Gasteiger partial charge in [-0.3, -0.25) is 4.79 Å². The number of carbonyl (C=O) groups is 1. The van der Waals surface area contributed by atoms with Crippen molar-refractivity contribution in [3.05, 3.63) is 47.0 Å². The number of hydrogen-bond acceptors (Lipinski definition) is 1. The topological polar surface area (TPSA) is 17.1 Å². The molecule has 3 rings (SSSR count). The molecule has 0 bridgehead atoms. The molecule has 2 aromatic carbocycles. The zero-order chi connectivity index (χ0) is 13.6. The quantitative estimate of drug-likeness (QED) is 0.621. The molecule has 0 aromatic heterocycles. The third-order valence-corrected chi connectivity index (χ3v) is 4.35. The first-order valence-corrected chi connectivity index (χ1v) is 7.02. The fraction of sp³-hybridized carbons (Fsp3) is 0.389. The van der Waals surface area contributed by atoms with Gasteiger partial charge in [0.1, 0.15) is 0 Å². The molecule has 0 saturated heterocycles. The minimum atomic E-state index is 0.116. The zero-order valence-corrected chi connectivity index (χ0v) is 11.9. The van der Waals surface area contributed by atoms with Gasteiger partial charge in [0.25, 0.3) is 0 Å². The van der Waals surface area contributed by atoms with Crippen molar-refractivity contribution in [2.24, 2.45) is 5.41 Å². The summed E-state index contributed by atoms with van der Waals surface area (Å²) in [5.74, 6) is 0.311. The van der Waals surface area contributed by atoms with Gasteiger partial charge in [-0.25, -0.2) is 0 Å². The van der Waals surface area contributed by atoms with E-state index in [1.165, 1.54) is 21.9 Å². The van der Waals surface area contributed by atoms with Gasteiger partial charge in [-0.1, -0.05) is 38.1 Å². The van der Waals surface area contributed by atoms with Crippen LogP contribution in [0.5, 0.6) is 0 Å². The summed E-state index contributed by atoms with van der Waals surface area (Å²) in [5.41, 5.74) is 3.55. The molecule has 0 unspecified atom stereocenters. The van der Waals surface area contributed by atoms with E-state index in [4.69, 9.17) is 0 Å². The average Bonchev–Trinajstić information content (AvgIpc) is 2.47. The number of carbonyl (C=O) groups excluding carboxylic acids is 1. The highest BCUT2D eigenvalue weighted by Gasteiger charge is 2.29. The Labute approximate surface area is 114 Å². The molecule has 0 fully saturated rings. The maximum Gasteiger partial charge on any atom is 0.163 e. The smallest absolute Gasteiger partial charge is 0.163 e. The maximum absolute atomic E-state index is 12.5. The van der Waals surface area contributed by atoms with E-state index in [-0.39, 0.29) is 5.41 Å². The second kappa shape index (κ2) is 4.19. The number of fused-ring (bicyclic) bond motifs is 3. The molecule has 0 radical (unpaired) electrons. The van der Waals surface area contributed by atoms with Crippen LogP contribution in [0, 0.1) is 12.3 Å². The normalized spacial score (nSPS) is 18.2. The summed E-state index contributed by atoms with van der Waals surface area (Å²) >= 11 is 0. The van der Waals surface area contributed by atoms with Gasteiger partial charge in [0.15, 0.2) is 5.78 Å². The van der Waals surface area contributed by atoms with Crippen LogP contribution in [-0.4, -0.2) is 5.78 Å². The first kappa shape index (κ1) is 12.4. The van der Waals surface area contributed by atoms with E-state index >= 15 is 0 Å². The van der Waals surface area contributed by atoms with Gasteiger partial charge in [-0.2, -0.15) is 0 Å². The number of aryl methyl sites for hydroxylation is 2. The van der Waals surface area contributed by atoms with E-state index in [1.54, 1.807) is 0 Å². The molecule has 0 N–H and O–H groups in total. The molecule has 0 atom stereocenters. The monoisotopic (exact) mass is 252 g/mol. The third kappa shape index (κ3) is 2.07. The summed E-state index contributed by atoms with van der Waals surface area (Å²) in [5, 5.41) is 2.55. The van der Waals surface area contributed by atoms with E-state index in [1.807, 2.05) is 0 Å². The van der Waals surface area contributed by atoms with Crippen molar-refractivity contribution >= 4 is 16.6 Å². The standard InChI is InChI=1S/C18H20O/c1-12-10-16-15(14-7-5-4-6-13(12)14)8-9-18(2,3)11-17(16)19/h4-7,10H,8-9,11H2,1-3H3. The van der Waals surface area contributed by atoms with Crippen LogP contribution in [0.1, 0.15) is 48.2 Å². The fourth-order valence-corrected chi connectivity index (χ4v) is 3.22. The Kier molecular flexibility index (Phi) is 2.74. The lowest BCUT2D eigenvalue weighted by Gasteiger charge is -2.20. The lowest BCUT2D eigenvalue weighted by molar-refractivity contribution is 0.0934. The van der Waals surface area contributed by atoms with Crippen molar-refractivity contribution in [2.75, 3.05) is 0 Å². The van der Waals surface area contributed by atoms with E-state index < -0.39 is 0 Å². The number of ketones is 1. The van der Waals surface area contributed by atoms with E-state index in [9.17, 15) is 4.79 Å². The summed E-state index contributed by atoms with van der Waals surface area (Å²) in [6.45, 7) is 6.50. The Bertz CT molecular complexity index is 665. The predicted octanol–water partition coefficient (Wildman–Crippen LogP) is 4.69. The van der Waals surface area contributed by atoms with Gasteiger partial charge in [0.05, 0.1) is 0 Å². The molecular formula is C18H20O. The maximum atomic E-state index is 12.5. The summed E-state index contributed by atoms with van der Waals surface area (Å²) in [4.78, 5) is 12.5. The molecule has 98 valence electrons. The zero-order valence-electron chi connectivity index (χ0n) is 11.9. The Hall–Kier alpha value is -1.63. The van der Waals surface area contributed by atoms with Gasteiger partial charge in [-0.15, -0.1) is 0 Å². The molecule has 0 aliphatic heterocycles. The van der Waals surface area contributed by atoms with Crippen LogP contribution in [0.2, 0.25) is 0 Å². The lowest BCUT2D eigenvalue weighted by Crippen LogP contribution is -2.14. The van der Waals surface area contributed by atoms with Crippen LogP contribution in [0.15, 0.2) is 30.3 Å². The Morgan fingerprint density at radius 1 is 1.11 bits per heavy atom. The summed E-state index contributed by atoms with van der Waals surface area (Å²) in [7, 11) is 0. The molecular weight excluding hydrogens is 232 g/mol. The summed E-state index contributed by atoms with van der Waals surface area (Å²) in [6.07, 6.45) is 2.76. The number of hydrogen-bond donors (Lipinski definition) is 0. The minimum Gasteiger partial charge on any atom is -0.294 e. The van der Waals surface area contributed by atoms with Crippen molar-refractivity contribution in [1.82, 2.24) is 0 Å². The van der Waals surface area contributed by atoms with E-state index in [2.05, 4.69) is 51.1 Å². The SMILES string of the molecule is Cc1cc2c(c3ccccc13)CCC(C)(C)CC2=O. The third-order valence-electron chi connectivity index (χ3n) is 4.35. The molecule has 1 aliphatic carbocycles. The van der Waals surface area contributed by atoms with Gasteiger partial charge in [0.2, 0.25) is 0 Å². The molecule has 1 aliphatic rings. The van der Waals surface area contributed by atoms with E-state index in [0.29, 0.717) is 12.2 Å². The lowest BCUT2D eigenvalue weighted by atomic mass is 9.84. The van der Waals surface area contributed by atoms with Crippen molar-refractivity contribution < 1.29 is 4.79 Å². The van der Waals surface area contributed by atoms with Gasteiger partial charge < -0.3 is 0 Å². The van der Waals surface area contributed by atoms with Crippen molar-refractivity contribution in [3.63, 3.8) is 0 Å². The second-order valence-corrected chi connectivity index (χ2v) is 6.53. The number of Topliss-reactive ketones (excluding diaryl/α,β-unsaturated/α-hetero) is 1. The van der Waals surface area contributed by atoms with E-state index in [0.717, 1.165) is 18.4 Å². The number of rotatable bonds is 0. The summed E-state index contributed by atoms with van der Waals surface area (Å²) in [6, 6.07) is 10.6.